The van der Waals surface area contributed by atoms with E-state index in [0.717, 1.165) is 28.0 Å². The molecular formula is C23H18N6OS. The fourth-order valence-corrected chi connectivity index (χ4v) is 4.02. The van der Waals surface area contributed by atoms with E-state index >= 15 is 0 Å². The molecule has 0 spiro atoms. The predicted octanol–water partition coefficient (Wildman–Crippen LogP) is 4.06. The Morgan fingerprint density at radius 3 is 2.58 bits per heavy atom. The average Bonchev–Trinajstić information content (AvgIpc) is 3.46. The molecule has 7 nitrogen and oxygen atoms in total. The first kappa shape index (κ1) is 19.0. The molecule has 4 aromatic heterocycles. The molecule has 152 valence electrons. The van der Waals surface area contributed by atoms with Crippen molar-refractivity contribution in [3.05, 3.63) is 88.9 Å². The van der Waals surface area contributed by atoms with Crippen molar-refractivity contribution in [3.63, 3.8) is 0 Å². The second-order valence-corrected chi connectivity index (χ2v) is 7.83. The van der Waals surface area contributed by atoms with Gasteiger partial charge in [0.2, 0.25) is 0 Å². The predicted molar refractivity (Wildman–Crippen MR) is 122 cm³/mol. The van der Waals surface area contributed by atoms with Gasteiger partial charge in [-0.05, 0) is 53.4 Å². The summed E-state index contributed by atoms with van der Waals surface area (Å²) in [5, 5.41) is 4.83. The number of hydrogen-bond acceptors (Lipinski definition) is 6. The Bertz CT molecular complexity index is 1360. The molecule has 4 heterocycles. The largest absolute Gasteiger partial charge is 0.383 e. The van der Waals surface area contributed by atoms with Gasteiger partial charge in [0.25, 0.3) is 5.91 Å². The number of thiophene rings is 1. The Kier molecular flexibility index (Phi) is 4.89. The van der Waals surface area contributed by atoms with Gasteiger partial charge in [-0.2, -0.15) is 0 Å². The number of carbonyl (C=O) groups excluding carboxylic acids is 1. The number of amides is 1. The van der Waals surface area contributed by atoms with Crippen molar-refractivity contribution in [2.75, 3.05) is 5.73 Å². The molecule has 5 rings (SSSR count). The number of nitrogens with two attached hydrogens (primary N) is 1. The summed E-state index contributed by atoms with van der Waals surface area (Å²) >= 11 is 1.42. The minimum Gasteiger partial charge on any atom is -0.383 e. The number of nitrogens with one attached hydrogen (secondary N) is 1. The van der Waals surface area contributed by atoms with Crippen LogP contribution in [0.2, 0.25) is 0 Å². The number of rotatable bonds is 5. The Balaban J connectivity index is 1.49. The van der Waals surface area contributed by atoms with Crippen LogP contribution in [-0.2, 0) is 6.54 Å². The van der Waals surface area contributed by atoms with Crippen molar-refractivity contribution in [1.82, 2.24) is 24.8 Å². The molecule has 1 aromatic carbocycles. The van der Waals surface area contributed by atoms with E-state index in [1.165, 1.54) is 11.3 Å². The van der Waals surface area contributed by atoms with Crippen molar-refractivity contribution < 1.29 is 4.79 Å². The summed E-state index contributed by atoms with van der Waals surface area (Å²) in [6.45, 7) is 0.447. The highest BCUT2D eigenvalue weighted by atomic mass is 32.1. The molecule has 8 heteroatoms. The van der Waals surface area contributed by atoms with Crippen LogP contribution in [0.4, 0.5) is 5.82 Å². The highest BCUT2D eigenvalue weighted by Gasteiger charge is 2.17. The molecule has 0 saturated carbocycles. The number of fused-ring (bicyclic) bond motifs is 1. The number of nitrogen functional groups attached to an aromatic ring is 1. The SMILES string of the molecule is Nc1ncccc1-c1nc2cccnc2n1-c1ccc(CNC(=O)c2cccs2)cc1. The maximum atomic E-state index is 12.2. The molecule has 5 aromatic rings. The minimum atomic E-state index is -0.0711. The number of benzene rings is 1. The number of imidazole rings is 1. The van der Waals surface area contributed by atoms with Crippen LogP contribution in [0, 0.1) is 0 Å². The van der Waals surface area contributed by atoms with Crippen LogP contribution < -0.4 is 11.1 Å². The third-order valence-electron chi connectivity index (χ3n) is 4.89. The number of aromatic nitrogens is 4. The molecule has 0 aliphatic heterocycles. The summed E-state index contributed by atoms with van der Waals surface area (Å²) in [6, 6.07) is 19.1. The van der Waals surface area contributed by atoms with Gasteiger partial charge in [0.05, 0.1) is 10.4 Å². The lowest BCUT2D eigenvalue weighted by atomic mass is 10.2. The summed E-state index contributed by atoms with van der Waals surface area (Å²) in [4.78, 5) is 26.4. The number of carbonyl (C=O) groups is 1. The van der Waals surface area contributed by atoms with Gasteiger partial charge in [-0.15, -0.1) is 11.3 Å². The number of nitrogens with zero attached hydrogens (tertiary/aromatic N) is 4. The van der Waals surface area contributed by atoms with Crippen LogP contribution in [0.25, 0.3) is 28.2 Å². The molecule has 0 unspecified atom stereocenters. The topological polar surface area (TPSA) is 98.7 Å². The highest BCUT2D eigenvalue weighted by molar-refractivity contribution is 7.12. The normalized spacial score (nSPS) is 11.0. The van der Waals surface area contributed by atoms with Gasteiger partial charge in [0.15, 0.2) is 11.5 Å². The second kappa shape index (κ2) is 8.00. The van der Waals surface area contributed by atoms with Crippen molar-refractivity contribution >= 4 is 34.2 Å². The number of hydrogen-bond donors (Lipinski definition) is 2. The summed E-state index contributed by atoms with van der Waals surface area (Å²) in [5.74, 6) is 1.02. The van der Waals surface area contributed by atoms with E-state index in [1.807, 2.05) is 70.6 Å². The van der Waals surface area contributed by atoms with Gasteiger partial charge in [0, 0.05) is 24.6 Å². The van der Waals surface area contributed by atoms with Gasteiger partial charge in [-0.1, -0.05) is 18.2 Å². The Morgan fingerprint density at radius 2 is 1.81 bits per heavy atom. The first-order valence-corrected chi connectivity index (χ1v) is 10.5. The third-order valence-corrected chi connectivity index (χ3v) is 5.76. The molecule has 0 radical (unpaired) electrons. The Labute approximate surface area is 182 Å². The maximum Gasteiger partial charge on any atom is 0.261 e. The van der Waals surface area contributed by atoms with Gasteiger partial charge in [0.1, 0.15) is 11.3 Å². The van der Waals surface area contributed by atoms with Crippen molar-refractivity contribution in [2.45, 2.75) is 6.54 Å². The average molecular weight is 427 g/mol. The van der Waals surface area contributed by atoms with Gasteiger partial charge >= 0.3 is 0 Å². The lowest BCUT2D eigenvalue weighted by Crippen LogP contribution is -2.21. The lowest BCUT2D eigenvalue weighted by molar-refractivity contribution is 0.0955. The van der Waals surface area contributed by atoms with Crippen LogP contribution in [0.1, 0.15) is 15.2 Å². The van der Waals surface area contributed by atoms with Crippen LogP contribution in [0.5, 0.6) is 0 Å². The lowest BCUT2D eigenvalue weighted by Gasteiger charge is -2.11. The molecule has 0 aliphatic rings. The van der Waals surface area contributed by atoms with Crippen LogP contribution >= 0.6 is 11.3 Å². The number of anilines is 1. The molecule has 0 fully saturated rings. The monoisotopic (exact) mass is 426 g/mol. The van der Waals surface area contributed by atoms with E-state index in [4.69, 9.17) is 10.7 Å². The zero-order valence-electron chi connectivity index (χ0n) is 16.4. The van der Waals surface area contributed by atoms with E-state index in [2.05, 4.69) is 15.3 Å². The summed E-state index contributed by atoms with van der Waals surface area (Å²) in [7, 11) is 0. The smallest absolute Gasteiger partial charge is 0.261 e. The van der Waals surface area contributed by atoms with Crippen molar-refractivity contribution in [2.24, 2.45) is 0 Å². The number of pyridine rings is 2. The van der Waals surface area contributed by atoms with E-state index in [-0.39, 0.29) is 5.91 Å². The standard InChI is InChI=1S/C23H18N6OS/c24-20-17(4-1-11-25-20)21-28-18-5-2-12-26-22(18)29(21)16-9-7-15(8-10-16)14-27-23(30)19-6-3-13-31-19/h1-13H,14H2,(H2,24,25)(H,27,30). The highest BCUT2D eigenvalue weighted by Crippen LogP contribution is 2.30. The van der Waals surface area contributed by atoms with E-state index in [9.17, 15) is 4.79 Å². The fourth-order valence-electron chi connectivity index (χ4n) is 3.38. The quantitative estimate of drug-likeness (QED) is 0.442. The van der Waals surface area contributed by atoms with Gasteiger partial charge < -0.3 is 11.1 Å². The molecule has 0 bridgehead atoms. The van der Waals surface area contributed by atoms with E-state index in [1.54, 1.807) is 12.4 Å². The van der Waals surface area contributed by atoms with Crippen LogP contribution in [0.3, 0.4) is 0 Å². The zero-order chi connectivity index (χ0) is 21.2. The Hall–Kier alpha value is -4.04. The van der Waals surface area contributed by atoms with Crippen molar-refractivity contribution in [3.8, 4) is 17.1 Å². The molecule has 0 atom stereocenters. The second-order valence-electron chi connectivity index (χ2n) is 6.88. The third kappa shape index (κ3) is 3.64. The summed E-state index contributed by atoms with van der Waals surface area (Å²) < 4.78 is 1.97. The molecular weight excluding hydrogens is 408 g/mol. The molecule has 3 N–H and O–H groups in total. The zero-order valence-corrected chi connectivity index (χ0v) is 17.2. The fraction of sp³-hybridized carbons (Fsp3) is 0.0435. The van der Waals surface area contributed by atoms with Gasteiger partial charge in [-0.3, -0.25) is 9.36 Å². The van der Waals surface area contributed by atoms with Crippen LogP contribution in [0.15, 0.2) is 78.4 Å². The summed E-state index contributed by atoms with van der Waals surface area (Å²) in [6.07, 6.45) is 3.40. The minimum absolute atomic E-state index is 0.0711. The Morgan fingerprint density at radius 1 is 1.00 bits per heavy atom. The molecule has 0 aliphatic carbocycles. The van der Waals surface area contributed by atoms with E-state index in [0.29, 0.717) is 23.1 Å². The first-order valence-electron chi connectivity index (χ1n) is 9.66. The van der Waals surface area contributed by atoms with Crippen molar-refractivity contribution in [1.29, 1.82) is 0 Å². The maximum absolute atomic E-state index is 12.2. The molecule has 1 amide bonds. The van der Waals surface area contributed by atoms with E-state index < -0.39 is 0 Å². The van der Waals surface area contributed by atoms with Gasteiger partial charge in [-0.25, -0.2) is 15.0 Å². The van der Waals surface area contributed by atoms with Crippen LogP contribution in [-0.4, -0.2) is 25.4 Å². The molecule has 0 saturated heterocycles. The molecule has 31 heavy (non-hydrogen) atoms. The summed E-state index contributed by atoms with van der Waals surface area (Å²) in [5.41, 5.74) is 10.3. The first-order chi connectivity index (χ1) is 15.2.